The van der Waals surface area contributed by atoms with Crippen molar-refractivity contribution >= 4 is 11.4 Å². The molecule has 0 spiro atoms. The van der Waals surface area contributed by atoms with Crippen molar-refractivity contribution in [3.63, 3.8) is 0 Å². The number of hydrogen-bond acceptors (Lipinski definition) is 3. The maximum Gasteiger partial charge on any atom is 0.306 e. The quantitative estimate of drug-likeness (QED) is 0.617. The van der Waals surface area contributed by atoms with Crippen molar-refractivity contribution in [2.24, 2.45) is 5.92 Å². The predicted octanol–water partition coefficient (Wildman–Crippen LogP) is 3.97. The van der Waals surface area contributed by atoms with Gasteiger partial charge in [0.1, 0.15) is 0 Å². The minimum Gasteiger partial charge on any atom is -0.382 e. The van der Waals surface area contributed by atoms with E-state index < -0.39 is 16.4 Å². The van der Waals surface area contributed by atoms with Gasteiger partial charge in [-0.25, -0.2) is 0 Å². The molecule has 1 aromatic carbocycles. The Kier molecular flexibility index (Phi) is 5.07. The van der Waals surface area contributed by atoms with Crippen LogP contribution in [0.25, 0.3) is 0 Å². The fraction of sp³-hybridized carbons (Fsp3) is 0.538. The van der Waals surface area contributed by atoms with Gasteiger partial charge in [-0.3, -0.25) is 10.1 Å². The lowest BCUT2D eigenvalue weighted by Gasteiger charge is -2.16. The van der Waals surface area contributed by atoms with E-state index in [2.05, 4.69) is 19.2 Å². The van der Waals surface area contributed by atoms with E-state index in [1.54, 1.807) is 0 Å². The van der Waals surface area contributed by atoms with Crippen molar-refractivity contribution in [2.75, 3.05) is 5.32 Å². The highest BCUT2D eigenvalue weighted by molar-refractivity contribution is 5.52. The molecule has 1 unspecified atom stereocenters. The van der Waals surface area contributed by atoms with Gasteiger partial charge < -0.3 is 5.32 Å². The Morgan fingerprint density at radius 1 is 1.33 bits per heavy atom. The molecule has 0 saturated heterocycles. The molecule has 0 aliphatic heterocycles. The molecule has 1 rings (SSSR count). The normalized spacial score (nSPS) is 12.5. The zero-order valence-corrected chi connectivity index (χ0v) is 10.9. The van der Waals surface area contributed by atoms with Gasteiger partial charge in [-0.2, -0.15) is 4.39 Å². The van der Waals surface area contributed by atoms with E-state index >= 15 is 0 Å². The second-order valence-electron chi connectivity index (χ2n) is 4.94. The summed E-state index contributed by atoms with van der Waals surface area (Å²) in [5.41, 5.74) is 0.0930. The molecule has 0 fully saturated rings. The summed E-state index contributed by atoms with van der Waals surface area (Å²) in [6.45, 7) is 6.31. The van der Waals surface area contributed by atoms with Gasteiger partial charge in [0.2, 0.25) is 5.82 Å². The second kappa shape index (κ2) is 6.33. The Morgan fingerprint density at radius 2 is 2.00 bits per heavy atom. The van der Waals surface area contributed by atoms with Gasteiger partial charge in [-0.05, 0) is 37.8 Å². The van der Waals surface area contributed by atoms with Gasteiger partial charge in [-0.15, -0.1) is 0 Å². The summed E-state index contributed by atoms with van der Waals surface area (Å²) >= 11 is 0. The van der Waals surface area contributed by atoms with Crippen LogP contribution in [0, 0.1) is 21.8 Å². The minimum atomic E-state index is -0.805. The zero-order chi connectivity index (χ0) is 13.7. The van der Waals surface area contributed by atoms with Crippen molar-refractivity contribution < 1.29 is 9.31 Å². The smallest absolute Gasteiger partial charge is 0.306 e. The summed E-state index contributed by atoms with van der Waals surface area (Å²) < 4.78 is 13.1. The number of nitro groups is 1. The van der Waals surface area contributed by atoms with E-state index in [4.69, 9.17) is 0 Å². The third-order valence-corrected chi connectivity index (χ3v) is 2.73. The Morgan fingerprint density at radius 3 is 2.56 bits per heavy atom. The van der Waals surface area contributed by atoms with Crippen LogP contribution in [0.1, 0.15) is 33.6 Å². The number of benzene rings is 1. The third-order valence-electron chi connectivity index (χ3n) is 2.73. The van der Waals surface area contributed by atoms with Crippen LogP contribution >= 0.6 is 0 Å². The highest BCUT2D eigenvalue weighted by Crippen LogP contribution is 2.22. The first-order valence-corrected chi connectivity index (χ1v) is 6.10. The summed E-state index contributed by atoms with van der Waals surface area (Å²) in [5.74, 6) is -0.183. The van der Waals surface area contributed by atoms with Crippen LogP contribution < -0.4 is 5.32 Å². The lowest BCUT2D eigenvalue weighted by molar-refractivity contribution is -0.387. The second-order valence-corrected chi connectivity index (χ2v) is 4.94. The fourth-order valence-electron chi connectivity index (χ4n) is 1.68. The van der Waals surface area contributed by atoms with Crippen LogP contribution in [0.3, 0.4) is 0 Å². The standard InChI is InChI=1S/C13H19FN2O2/c1-9(2)4-5-10(3)15-11-6-7-12(14)13(8-11)16(17)18/h6-10,15H,4-5H2,1-3H3. The zero-order valence-electron chi connectivity index (χ0n) is 10.9. The first-order chi connectivity index (χ1) is 8.40. The van der Waals surface area contributed by atoms with Crippen LogP contribution in [-0.4, -0.2) is 11.0 Å². The van der Waals surface area contributed by atoms with Crippen LogP contribution in [-0.2, 0) is 0 Å². The van der Waals surface area contributed by atoms with Crippen LogP contribution in [0.2, 0.25) is 0 Å². The maximum atomic E-state index is 13.1. The SMILES string of the molecule is CC(C)CCC(C)Nc1ccc(F)c([N+](=O)[O-])c1. The molecule has 0 radical (unpaired) electrons. The third kappa shape index (κ3) is 4.31. The monoisotopic (exact) mass is 254 g/mol. The van der Waals surface area contributed by atoms with E-state index in [0.29, 0.717) is 11.6 Å². The molecule has 18 heavy (non-hydrogen) atoms. The highest BCUT2D eigenvalue weighted by atomic mass is 19.1. The molecule has 100 valence electrons. The molecule has 1 atom stereocenters. The van der Waals surface area contributed by atoms with Gasteiger partial charge in [-0.1, -0.05) is 13.8 Å². The topological polar surface area (TPSA) is 55.2 Å². The van der Waals surface area contributed by atoms with Crippen molar-refractivity contribution in [2.45, 2.75) is 39.7 Å². The van der Waals surface area contributed by atoms with E-state index in [-0.39, 0.29) is 6.04 Å². The Labute approximate surface area is 106 Å². The molecule has 1 aromatic rings. The summed E-state index contributed by atoms with van der Waals surface area (Å²) in [7, 11) is 0. The maximum absolute atomic E-state index is 13.1. The lowest BCUT2D eigenvalue weighted by Crippen LogP contribution is -2.16. The minimum absolute atomic E-state index is 0.206. The largest absolute Gasteiger partial charge is 0.382 e. The first kappa shape index (κ1) is 14.4. The molecule has 0 aliphatic carbocycles. The Balaban J connectivity index is 2.67. The molecule has 1 N–H and O–H groups in total. The first-order valence-electron chi connectivity index (χ1n) is 6.10. The van der Waals surface area contributed by atoms with Crippen LogP contribution in [0.5, 0.6) is 0 Å². The number of hydrogen-bond donors (Lipinski definition) is 1. The van der Waals surface area contributed by atoms with Gasteiger partial charge in [0.15, 0.2) is 0 Å². The van der Waals surface area contributed by atoms with E-state index in [1.807, 2.05) is 6.92 Å². The Bertz CT molecular complexity index is 421. The van der Waals surface area contributed by atoms with Gasteiger partial charge in [0, 0.05) is 17.8 Å². The van der Waals surface area contributed by atoms with Crippen molar-refractivity contribution in [1.82, 2.24) is 0 Å². The predicted molar refractivity (Wildman–Crippen MR) is 70.2 cm³/mol. The van der Waals surface area contributed by atoms with Crippen molar-refractivity contribution in [1.29, 1.82) is 0 Å². The van der Waals surface area contributed by atoms with E-state index in [1.165, 1.54) is 12.1 Å². The number of nitro benzene ring substituents is 1. The molecular weight excluding hydrogens is 235 g/mol. The summed E-state index contributed by atoms with van der Waals surface area (Å²) in [6, 6.07) is 4.09. The number of nitrogens with one attached hydrogen (secondary N) is 1. The average Bonchev–Trinajstić information content (AvgIpc) is 2.28. The molecule has 0 bridgehead atoms. The van der Waals surface area contributed by atoms with Gasteiger partial charge in [0.25, 0.3) is 0 Å². The van der Waals surface area contributed by atoms with Crippen LogP contribution in [0.4, 0.5) is 15.8 Å². The fourth-order valence-corrected chi connectivity index (χ4v) is 1.68. The van der Waals surface area contributed by atoms with Gasteiger partial charge in [0.05, 0.1) is 4.92 Å². The molecule has 4 nitrogen and oxygen atoms in total. The summed E-state index contributed by atoms with van der Waals surface area (Å²) in [5, 5.41) is 13.8. The molecule has 0 heterocycles. The highest BCUT2D eigenvalue weighted by Gasteiger charge is 2.15. The molecule has 5 heteroatoms. The van der Waals surface area contributed by atoms with E-state index in [9.17, 15) is 14.5 Å². The lowest BCUT2D eigenvalue weighted by atomic mass is 10.0. The van der Waals surface area contributed by atoms with Crippen LogP contribution in [0.15, 0.2) is 18.2 Å². The molecule has 0 amide bonds. The molecule has 0 aliphatic rings. The number of halogens is 1. The van der Waals surface area contributed by atoms with E-state index in [0.717, 1.165) is 18.9 Å². The van der Waals surface area contributed by atoms with Crippen molar-refractivity contribution in [3.05, 3.63) is 34.1 Å². The van der Waals surface area contributed by atoms with Gasteiger partial charge >= 0.3 is 5.69 Å². The summed E-state index contributed by atoms with van der Waals surface area (Å²) in [6.07, 6.45) is 2.06. The Hall–Kier alpha value is -1.65. The molecule has 0 aromatic heterocycles. The number of nitrogens with zero attached hydrogens (tertiary/aromatic N) is 1. The molecule has 0 saturated carbocycles. The number of anilines is 1. The summed E-state index contributed by atoms with van der Waals surface area (Å²) in [4.78, 5) is 9.90. The van der Waals surface area contributed by atoms with Crippen molar-refractivity contribution in [3.8, 4) is 0 Å². The number of rotatable bonds is 6. The average molecular weight is 254 g/mol. The molecular formula is C13H19FN2O2.